The number of nitrogens with one attached hydrogen (secondary N) is 1. The van der Waals surface area contributed by atoms with Crippen LogP contribution in [0.5, 0.6) is 17.2 Å². The van der Waals surface area contributed by atoms with Crippen molar-refractivity contribution < 1.29 is 19.7 Å². The van der Waals surface area contributed by atoms with Crippen LogP contribution in [0, 0.1) is 0 Å². The molecule has 2 rings (SSSR count). The second-order valence-corrected chi connectivity index (χ2v) is 4.30. The molecule has 0 fully saturated rings. The molecule has 21 heavy (non-hydrogen) atoms. The lowest BCUT2D eigenvalue weighted by Gasteiger charge is -2.12. The highest BCUT2D eigenvalue weighted by Gasteiger charge is 2.06. The van der Waals surface area contributed by atoms with Crippen LogP contribution in [-0.4, -0.2) is 35.5 Å². The predicted octanol–water partition coefficient (Wildman–Crippen LogP) is 1.78. The number of hydrogen-bond donors (Lipinski definition) is 3. The molecule has 0 radical (unpaired) electrons. The molecule has 0 aliphatic heterocycles. The molecule has 0 aliphatic rings. The van der Waals surface area contributed by atoms with Crippen molar-refractivity contribution in [3.63, 3.8) is 0 Å². The lowest BCUT2D eigenvalue weighted by atomic mass is 10.2. The fraction of sp³-hybridized carbons (Fsp3) is 0.267. The number of rotatable bonds is 7. The Balaban J connectivity index is 2.04. The Morgan fingerprint density at radius 2 is 2.05 bits per heavy atom. The van der Waals surface area contributed by atoms with Crippen molar-refractivity contribution in [3.05, 3.63) is 42.2 Å². The largest absolute Gasteiger partial charge is 0.506 e. The topological polar surface area (TPSA) is 83.8 Å². The van der Waals surface area contributed by atoms with Gasteiger partial charge in [-0.15, -0.1) is 0 Å². The van der Waals surface area contributed by atoms with Crippen LogP contribution in [-0.2, 0) is 6.54 Å². The highest BCUT2D eigenvalue weighted by atomic mass is 16.5. The first-order valence-electron chi connectivity index (χ1n) is 6.52. The van der Waals surface area contributed by atoms with Crippen molar-refractivity contribution in [2.24, 2.45) is 0 Å². The average Bonchev–Trinajstić information content (AvgIpc) is 2.52. The van der Waals surface area contributed by atoms with Crippen LogP contribution < -0.4 is 14.8 Å². The monoisotopic (exact) mass is 290 g/mol. The van der Waals surface area contributed by atoms with Gasteiger partial charge in [0, 0.05) is 11.8 Å². The van der Waals surface area contributed by atoms with Gasteiger partial charge in [0.25, 0.3) is 0 Å². The Labute approximate surface area is 123 Å². The lowest BCUT2D eigenvalue weighted by Crippen LogP contribution is -2.05. The predicted molar refractivity (Wildman–Crippen MR) is 78.8 cm³/mol. The molecule has 0 atom stereocenters. The highest BCUT2D eigenvalue weighted by Crippen LogP contribution is 2.30. The molecule has 6 nitrogen and oxygen atoms in total. The van der Waals surface area contributed by atoms with Gasteiger partial charge < -0.3 is 25.0 Å². The fourth-order valence-electron chi connectivity index (χ4n) is 1.77. The molecular weight excluding hydrogens is 272 g/mol. The maximum atomic E-state index is 9.18. The second-order valence-electron chi connectivity index (χ2n) is 4.30. The normalized spacial score (nSPS) is 10.2. The zero-order chi connectivity index (χ0) is 15.1. The van der Waals surface area contributed by atoms with E-state index in [4.69, 9.17) is 14.6 Å². The summed E-state index contributed by atoms with van der Waals surface area (Å²) in [6, 6.07) is 8.79. The number of methoxy groups -OCH3 is 1. The van der Waals surface area contributed by atoms with Gasteiger partial charge in [0.1, 0.15) is 12.4 Å². The quantitative estimate of drug-likeness (QED) is 0.721. The Morgan fingerprint density at radius 3 is 2.71 bits per heavy atom. The van der Waals surface area contributed by atoms with E-state index >= 15 is 0 Å². The molecule has 1 heterocycles. The number of hydrogen-bond acceptors (Lipinski definition) is 6. The minimum Gasteiger partial charge on any atom is -0.506 e. The van der Waals surface area contributed by atoms with Gasteiger partial charge in [-0.3, -0.25) is 4.98 Å². The smallest absolute Gasteiger partial charge is 0.163 e. The lowest BCUT2D eigenvalue weighted by molar-refractivity contribution is 0.196. The molecule has 0 amide bonds. The molecule has 6 heteroatoms. The van der Waals surface area contributed by atoms with E-state index in [0.29, 0.717) is 18.0 Å². The van der Waals surface area contributed by atoms with E-state index in [1.807, 2.05) is 6.07 Å². The van der Waals surface area contributed by atoms with E-state index in [1.54, 1.807) is 31.4 Å². The summed E-state index contributed by atoms with van der Waals surface area (Å²) in [4.78, 5) is 4.10. The number of pyridine rings is 1. The maximum Gasteiger partial charge on any atom is 0.163 e. The van der Waals surface area contributed by atoms with Crippen LogP contribution in [0.3, 0.4) is 0 Å². The van der Waals surface area contributed by atoms with E-state index in [9.17, 15) is 5.11 Å². The van der Waals surface area contributed by atoms with E-state index in [2.05, 4.69) is 10.3 Å². The molecule has 2 aromatic rings. The number of aliphatic hydroxyl groups is 1. The number of aromatic nitrogens is 1. The van der Waals surface area contributed by atoms with Gasteiger partial charge in [-0.1, -0.05) is 0 Å². The van der Waals surface area contributed by atoms with Crippen molar-refractivity contribution >= 4 is 5.69 Å². The van der Waals surface area contributed by atoms with Crippen LogP contribution in [0.15, 0.2) is 36.5 Å². The molecule has 0 bridgehead atoms. The number of benzene rings is 1. The van der Waals surface area contributed by atoms with Crippen molar-refractivity contribution in [1.82, 2.24) is 4.98 Å². The van der Waals surface area contributed by atoms with Crippen molar-refractivity contribution in [2.75, 3.05) is 25.6 Å². The first-order valence-corrected chi connectivity index (χ1v) is 6.52. The highest BCUT2D eigenvalue weighted by molar-refractivity contribution is 5.54. The third kappa shape index (κ3) is 4.25. The Morgan fingerprint density at radius 1 is 1.19 bits per heavy atom. The molecule has 112 valence electrons. The molecular formula is C15H18N2O4. The Kier molecular flexibility index (Phi) is 5.22. The zero-order valence-electron chi connectivity index (χ0n) is 11.7. The van der Waals surface area contributed by atoms with Crippen LogP contribution in [0.1, 0.15) is 5.69 Å². The molecule has 0 saturated heterocycles. The SMILES string of the molecule is COc1ccc(NCc2ccc(O)cn2)cc1OCCO. The van der Waals surface area contributed by atoms with Gasteiger partial charge in [0.15, 0.2) is 11.5 Å². The minimum absolute atomic E-state index is 0.0573. The summed E-state index contributed by atoms with van der Waals surface area (Å²) >= 11 is 0. The van der Waals surface area contributed by atoms with Crippen LogP contribution in [0.25, 0.3) is 0 Å². The van der Waals surface area contributed by atoms with Gasteiger partial charge >= 0.3 is 0 Å². The standard InChI is InChI=1S/C15H18N2O4/c1-20-14-5-3-11(8-15(14)21-7-6-18)16-9-12-2-4-13(19)10-17-12/h2-5,8,10,16,18-19H,6-7,9H2,1H3. The number of aromatic hydroxyl groups is 1. The van der Waals surface area contributed by atoms with Crippen molar-refractivity contribution in [2.45, 2.75) is 6.54 Å². The zero-order valence-corrected chi connectivity index (χ0v) is 11.7. The van der Waals surface area contributed by atoms with E-state index in [1.165, 1.54) is 6.20 Å². The molecule has 0 unspecified atom stereocenters. The van der Waals surface area contributed by atoms with Gasteiger partial charge in [0.05, 0.1) is 32.2 Å². The van der Waals surface area contributed by atoms with Crippen molar-refractivity contribution in [3.8, 4) is 17.2 Å². The van der Waals surface area contributed by atoms with Gasteiger partial charge in [-0.2, -0.15) is 0 Å². The Hall–Kier alpha value is -2.47. The van der Waals surface area contributed by atoms with E-state index in [-0.39, 0.29) is 19.0 Å². The summed E-state index contributed by atoms with van der Waals surface area (Å²) < 4.78 is 10.6. The third-order valence-corrected chi connectivity index (χ3v) is 2.80. The van der Waals surface area contributed by atoms with E-state index < -0.39 is 0 Å². The number of ether oxygens (including phenoxy) is 2. The average molecular weight is 290 g/mol. The van der Waals surface area contributed by atoms with E-state index in [0.717, 1.165) is 11.4 Å². The molecule has 0 saturated carbocycles. The first kappa shape index (κ1) is 14.9. The number of anilines is 1. The molecule has 3 N–H and O–H groups in total. The maximum absolute atomic E-state index is 9.18. The first-order chi connectivity index (χ1) is 10.2. The van der Waals surface area contributed by atoms with Crippen LogP contribution in [0.4, 0.5) is 5.69 Å². The fourth-order valence-corrected chi connectivity index (χ4v) is 1.77. The summed E-state index contributed by atoms with van der Waals surface area (Å²) in [5.74, 6) is 1.31. The Bertz CT molecular complexity index is 572. The van der Waals surface area contributed by atoms with Gasteiger partial charge in [-0.25, -0.2) is 0 Å². The summed E-state index contributed by atoms with van der Waals surface area (Å²) in [6.45, 7) is 0.670. The second kappa shape index (κ2) is 7.35. The van der Waals surface area contributed by atoms with Crippen molar-refractivity contribution in [1.29, 1.82) is 0 Å². The van der Waals surface area contributed by atoms with Crippen LogP contribution >= 0.6 is 0 Å². The summed E-state index contributed by atoms with van der Waals surface area (Å²) in [5.41, 5.74) is 1.65. The summed E-state index contributed by atoms with van der Waals surface area (Å²) in [7, 11) is 1.56. The van der Waals surface area contributed by atoms with Gasteiger partial charge in [-0.05, 0) is 24.3 Å². The number of nitrogens with zero attached hydrogens (tertiary/aromatic N) is 1. The molecule has 1 aromatic heterocycles. The number of aliphatic hydroxyl groups excluding tert-OH is 1. The van der Waals surface area contributed by atoms with Gasteiger partial charge in [0.2, 0.25) is 0 Å². The molecule has 0 spiro atoms. The molecule has 0 aliphatic carbocycles. The van der Waals surface area contributed by atoms with Crippen LogP contribution in [0.2, 0.25) is 0 Å². The summed E-state index contributed by atoms with van der Waals surface area (Å²) in [6.07, 6.45) is 1.40. The molecule has 1 aromatic carbocycles. The minimum atomic E-state index is -0.0573. The third-order valence-electron chi connectivity index (χ3n) is 2.80. The summed E-state index contributed by atoms with van der Waals surface area (Å²) in [5, 5.41) is 21.2.